The molecule has 0 amide bonds. The average Bonchev–Trinajstić information content (AvgIpc) is 2.84. The highest BCUT2D eigenvalue weighted by atomic mass is 32.3. The number of hydrogen-bond acceptors (Lipinski definition) is 3. The number of rotatable bonds is 2. The van der Waals surface area contributed by atoms with E-state index in [1.807, 2.05) is 49.4 Å². The van der Waals surface area contributed by atoms with Gasteiger partial charge in [0.05, 0.1) is 4.90 Å². The highest BCUT2D eigenvalue weighted by Crippen LogP contribution is 2.24. The van der Waals surface area contributed by atoms with E-state index in [0.29, 0.717) is 10.8 Å². The van der Waals surface area contributed by atoms with Crippen molar-refractivity contribution < 1.29 is 8.39 Å². The lowest BCUT2D eigenvalue weighted by Crippen LogP contribution is -2.24. The first-order valence-electron chi connectivity index (χ1n) is 5.95. The largest absolute Gasteiger partial charge is 0.354 e. The molecule has 0 aromatic heterocycles. The van der Waals surface area contributed by atoms with Crippen LogP contribution in [0.2, 0.25) is 0 Å². The summed E-state index contributed by atoms with van der Waals surface area (Å²) < 4.78 is 18.2. The lowest BCUT2D eigenvalue weighted by atomic mass is 10.2. The van der Waals surface area contributed by atoms with Crippen LogP contribution in [0.15, 0.2) is 64.6 Å². The Balaban J connectivity index is 1.87. The number of benzene rings is 2. The van der Waals surface area contributed by atoms with Crippen molar-refractivity contribution in [3.8, 4) is 0 Å². The highest BCUT2D eigenvalue weighted by molar-refractivity contribution is 7.97. The zero-order valence-corrected chi connectivity index (χ0v) is 11.3. The molecule has 1 aliphatic heterocycles. The van der Waals surface area contributed by atoms with Crippen LogP contribution in [0.25, 0.3) is 0 Å². The van der Waals surface area contributed by atoms with Crippen LogP contribution < -0.4 is 4.83 Å². The first-order chi connectivity index (χ1) is 9.17. The summed E-state index contributed by atoms with van der Waals surface area (Å²) in [6.07, 6.45) is 0. The van der Waals surface area contributed by atoms with E-state index < -0.39 is 10.4 Å². The molecule has 98 valence electrons. The van der Waals surface area contributed by atoms with Crippen molar-refractivity contribution in [2.45, 2.75) is 11.8 Å². The molecule has 0 saturated carbocycles. The molecule has 0 spiro atoms. The van der Waals surface area contributed by atoms with Crippen LogP contribution >= 0.6 is 0 Å². The van der Waals surface area contributed by atoms with Gasteiger partial charge in [-0.25, -0.2) is 0 Å². The van der Waals surface area contributed by atoms with Crippen molar-refractivity contribution in [2.24, 2.45) is 5.10 Å². The molecule has 1 heterocycles. The maximum atomic E-state index is 12.7. The third-order valence-corrected chi connectivity index (χ3v) is 4.66. The highest BCUT2D eigenvalue weighted by Gasteiger charge is 2.23. The van der Waals surface area contributed by atoms with Gasteiger partial charge in [0.1, 0.15) is 0 Å². The first kappa shape index (κ1) is 11.9. The molecule has 0 aliphatic carbocycles. The van der Waals surface area contributed by atoms with Gasteiger partial charge in [0.15, 0.2) is 0 Å². The van der Waals surface area contributed by atoms with Gasteiger partial charge in [-0.05, 0) is 31.2 Å². The Morgan fingerprint density at radius 1 is 1.05 bits per heavy atom. The van der Waals surface area contributed by atoms with Gasteiger partial charge in [0.2, 0.25) is 0 Å². The molecular weight excluding hydrogens is 260 g/mol. The summed E-state index contributed by atoms with van der Waals surface area (Å²) >= 11 is 0. The van der Waals surface area contributed by atoms with Gasteiger partial charge >= 0.3 is 0 Å². The Morgan fingerprint density at radius 3 is 2.42 bits per heavy atom. The Labute approximate surface area is 112 Å². The quantitative estimate of drug-likeness (QED) is 0.825. The van der Waals surface area contributed by atoms with E-state index in [0.717, 1.165) is 11.1 Å². The van der Waals surface area contributed by atoms with E-state index in [-0.39, 0.29) is 0 Å². The van der Waals surface area contributed by atoms with E-state index in [4.69, 9.17) is 4.18 Å². The molecule has 3 rings (SSSR count). The average molecular weight is 274 g/mol. The lowest BCUT2D eigenvalue weighted by Gasteiger charge is -2.23. The van der Waals surface area contributed by atoms with Crippen LogP contribution in [-0.2, 0) is 14.6 Å². The van der Waals surface area contributed by atoms with Crippen LogP contribution in [0.1, 0.15) is 11.1 Å². The molecule has 0 atom stereocenters. The predicted octanol–water partition coefficient (Wildman–Crippen LogP) is 2.18. The third kappa shape index (κ3) is 2.24. The number of nitrogens with zero attached hydrogens (tertiary/aromatic N) is 1. The van der Waals surface area contributed by atoms with Gasteiger partial charge in [-0.15, -0.1) is 5.10 Å². The smallest absolute Gasteiger partial charge is 0.268 e. The summed E-state index contributed by atoms with van der Waals surface area (Å²) in [5.74, 6) is 0.365. The molecule has 0 saturated heterocycles. The van der Waals surface area contributed by atoms with Gasteiger partial charge in [0, 0.05) is 5.56 Å². The zero-order valence-electron chi connectivity index (χ0n) is 10.4. The van der Waals surface area contributed by atoms with E-state index >= 15 is 0 Å². The van der Waals surface area contributed by atoms with Crippen LogP contribution in [0.3, 0.4) is 0 Å². The molecule has 5 heteroatoms. The molecule has 1 aliphatic rings. The minimum Gasteiger partial charge on any atom is -0.354 e. The topological polar surface area (TPSA) is 50.7 Å². The van der Waals surface area contributed by atoms with Gasteiger partial charge in [-0.1, -0.05) is 46.3 Å². The van der Waals surface area contributed by atoms with Crippen molar-refractivity contribution in [1.29, 1.82) is 0 Å². The molecule has 2 aromatic carbocycles. The Hall–Kier alpha value is -2.14. The Kier molecular flexibility index (Phi) is 2.83. The molecule has 19 heavy (non-hydrogen) atoms. The monoisotopic (exact) mass is 274 g/mol. The van der Waals surface area contributed by atoms with Gasteiger partial charge < -0.3 is 4.18 Å². The number of nitrogens with one attached hydrogen (secondary N) is 1. The van der Waals surface area contributed by atoms with Crippen LogP contribution in [0.5, 0.6) is 0 Å². The third-order valence-electron chi connectivity index (χ3n) is 2.89. The molecule has 0 fully saturated rings. The van der Waals surface area contributed by atoms with Crippen LogP contribution in [-0.4, -0.2) is 10.1 Å². The van der Waals surface area contributed by atoms with Crippen molar-refractivity contribution in [1.82, 2.24) is 4.83 Å². The summed E-state index contributed by atoms with van der Waals surface area (Å²) in [7, 11) is -3.12. The van der Waals surface area contributed by atoms with Crippen molar-refractivity contribution in [3.63, 3.8) is 0 Å². The zero-order chi connectivity index (χ0) is 13.3. The molecule has 0 unspecified atom stereocenters. The maximum absolute atomic E-state index is 12.7. The Bertz CT molecular complexity index is 666. The van der Waals surface area contributed by atoms with E-state index in [1.165, 1.54) is 0 Å². The standard InChI is InChI=1S/C14H14N2O2S/c1-11-7-9-13(10-8-11)19(17)16-15-14(18-19)12-5-3-2-4-6-12/h2-10,19H,1H3,(H,16,17). The van der Waals surface area contributed by atoms with Crippen molar-refractivity contribution >= 4 is 16.3 Å². The second-order valence-electron chi connectivity index (χ2n) is 4.36. The molecule has 2 aromatic rings. The van der Waals surface area contributed by atoms with E-state index in [2.05, 4.69) is 9.93 Å². The first-order valence-corrected chi connectivity index (χ1v) is 7.57. The van der Waals surface area contributed by atoms with Gasteiger partial charge in [0.25, 0.3) is 5.90 Å². The summed E-state index contributed by atoms with van der Waals surface area (Å²) in [5, 5.41) is 4.04. The fraction of sp³-hybridized carbons (Fsp3) is 0.0714. The number of hydrogen-bond donors (Lipinski definition) is 2. The summed E-state index contributed by atoms with van der Waals surface area (Å²) in [4.78, 5) is 3.26. The second-order valence-corrected chi connectivity index (χ2v) is 6.36. The minimum absolute atomic E-state index is 0.365. The molecule has 1 N–H and O–H groups in total. The van der Waals surface area contributed by atoms with Crippen LogP contribution in [0.4, 0.5) is 0 Å². The second kappa shape index (κ2) is 4.51. The van der Waals surface area contributed by atoms with Crippen molar-refractivity contribution in [3.05, 3.63) is 65.7 Å². The lowest BCUT2D eigenvalue weighted by molar-refractivity contribution is 0.547. The fourth-order valence-corrected chi connectivity index (χ4v) is 3.24. The van der Waals surface area contributed by atoms with Crippen LogP contribution in [0, 0.1) is 6.92 Å². The van der Waals surface area contributed by atoms with E-state index in [9.17, 15) is 4.21 Å². The van der Waals surface area contributed by atoms with E-state index in [1.54, 1.807) is 12.1 Å². The van der Waals surface area contributed by atoms with Crippen molar-refractivity contribution in [2.75, 3.05) is 0 Å². The fourth-order valence-electron chi connectivity index (χ4n) is 1.82. The van der Waals surface area contributed by atoms with Gasteiger partial charge in [-0.2, -0.15) is 9.04 Å². The minimum atomic E-state index is -3.12. The summed E-state index contributed by atoms with van der Waals surface area (Å²) in [6, 6.07) is 16.8. The number of thiol groups is 1. The van der Waals surface area contributed by atoms with Gasteiger partial charge in [-0.3, -0.25) is 0 Å². The SMILES string of the molecule is Cc1ccc([SH]2(=O)NN=C(c3ccccc3)O2)cc1. The maximum Gasteiger partial charge on any atom is 0.268 e. The summed E-state index contributed by atoms with van der Waals surface area (Å²) in [6.45, 7) is 1.98. The number of hydrazone groups is 1. The molecule has 4 nitrogen and oxygen atoms in total. The predicted molar refractivity (Wildman–Crippen MR) is 76.2 cm³/mol. The molecular formula is C14H14N2O2S. The molecule has 0 radical (unpaired) electrons. The summed E-state index contributed by atoms with van der Waals surface area (Å²) in [5.41, 5.74) is 1.92. The normalized spacial score (nSPS) is 18.1. The molecule has 0 bridgehead atoms. The Morgan fingerprint density at radius 2 is 1.74 bits per heavy atom. The number of aryl methyl sites for hydroxylation is 1.